The molecule has 0 rings (SSSR count). The number of nitrogens with one attached hydrogen (secondary N) is 1. The number of carboxylic acid groups (broad SMARTS) is 1. The van der Waals surface area contributed by atoms with E-state index in [-0.39, 0.29) is 106 Å². The molecule has 6 nitrogen and oxygen atoms in total. The van der Waals surface area contributed by atoms with E-state index in [2.05, 4.69) is 4.74 Å². The molecule has 0 saturated carbocycles. The van der Waals surface area contributed by atoms with Gasteiger partial charge in [0.1, 0.15) is 6.21 Å². The van der Waals surface area contributed by atoms with Crippen molar-refractivity contribution < 1.29 is 130 Å². The first kappa shape index (κ1) is 24.9. The van der Waals surface area contributed by atoms with Gasteiger partial charge in [0.05, 0.1) is 0 Å². The number of rotatable bonds is 2. The Kier molecular flexibility index (Phi) is 30.7. The van der Waals surface area contributed by atoms with Crippen LogP contribution < -0.4 is 103 Å². The largest absolute Gasteiger partial charge is 1.00 e. The van der Waals surface area contributed by atoms with Crippen molar-refractivity contribution in [3.63, 3.8) is 0 Å². The SMILES string of the molecule is CC(=O)O.CC(O)OC(=O)C=N.[H-].[H-].[K+].[K+]. The summed E-state index contributed by atoms with van der Waals surface area (Å²) in [5.41, 5.74) is 0. The molecule has 0 bridgehead atoms. The van der Waals surface area contributed by atoms with Gasteiger partial charge in [-0.25, -0.2) is 4.79 Å². The van der Waals surface area contributed by atoms with Gasteiger partial charge >= 0.3 is 109 Å². The summed E-state index contributed by atoms with van der Waals surface area (Å²) in [7, 11) is 0. The van der Waals surface area contributed by atoms with Crippen molar-refractivity contribution in [1.82, 2.24) is 0 Å². The molecular weight excluding hydrogens is 244 g/mol. The maximum atomic E-state index is 10.00. The minimum atomic E-state index is -1.12. The smallest absolute Gasteiger partial charge is 1.00 e. The van der Waals surface area contributed by atoms with Gasteiger partial charge in [0.25, 0.3) is 5.97 Å². The van der Waals surface area contributed by atoms with Crippen LogP contribution in [0.5, 0.6) is 0 Å². The Morgan fingerprint density at radius 2 is 1.79 bits per heavy atom. The van der Waals surface area contributed by atoms with Gasteiger partial charge in [-0.2, -0.15) is 0 Å². The van der Waals surface area contributed by atoms with E-state index in [1.54, 1.807) is 0 Å². The number of carbonyl (C=O) groups excluding carboxylic acids is 1. The second-order valence-electron chi connectivity index (χ2n) is 1.70. The van der Waals surface area contributed by atoms with Crippen LogP contribution in [0.2, 0.25) is 0 Å². The number of carbonyl (C=O) groups is 2. The van der Waals surface area contributed by atoms with Gasteiger partial charge in [-0.3, -0.25) is 4.79 Å². The van der Waals surface area contributed by atoms with Gasteiger partial charge in [0.15, 0.2) is 6.29 Å². The number of hydrogen-bond donors (Lipinski definition) is 3. The summed E-state index contributed by atoms with van der Waals surface area (Å²) in [6, 6.07) is 0. The molecule has 1 unspecified atom stereocenters. The quantitative estimate of drug-likeness (QED) is 0.197. The Labute approximate surface area is 170 Å². The van der Waals surface area contributed by atoms with Crippen LogP contribution in [0.25, 0.3) is 0 Å². The molecule has 1 atom stereocenters. The van der Waals surface area contributed by atoms with Crippen LogP contribution in [-0.2, 0) is 14.3 Å². The Morgan fingerprint density at radius 1 is 1.50 bits per heavy atom. The fourth-order valence-electron chi connectivity index (χ4n) is 0.202. The summed E-state index contributed by atoms with van der Waals surface area (Å²) in [5.74, 6) is -1.67. The molecule has 3 N–H and O–H groups in total. The van der Waals surface area contributed by atoms with Crippen molar-refractivity contribution in [2.45, 2.75) is 20.1 Å². The van der Waals surface area contributed by atoms with Gasteiger partial charge in [0, 0.05) is 6.92 Å². The zero-order chi connectivity index (χ0) is 10.1. The van der Waals surface area contributed by atoms with E-state index < -0.39 is 18.2 Å². The van der Waals surface area contributed by atoms with Crippen molar-refractivity contribution in [1.29, 1.82) is 5.41 Å². The normalized spacial score (nSPS) is 8.79. The summed E-state index contributed by atoms with van der Waals surface area (Å²) in [6.45, 7) is 2.38. The van der Waals surface area contributed by atoms with E-state index in [0.717, 1.165) is 6.92 Å². The minimum Gasteiger partial charge on any atom is -1.00 e. The predicted octanol–water partition coefficient (Wildman–Crippen LogP) is -6.16. The van der Waals surface area contributed by atoms with Crippen LogP contribution in [0.4, 0.5) is 0 Å². The van der Waals surface area contributed by atoms with E-state index >= 15 is 0 Å². The second-order valence-corrected chi connectivity index (χ2v) is 1.70. The Bertz CT molecular complexity index is 178. The summed E-state index contributed by atoms with van der Waals surface area (Å²) in [5, 5.41) is 22.0. The van der Waals surface area contributed by atoms with E-state index in [1.165, 1.54) is 6.92 Å². The second kappa shape index (κ2) is 17.2. The molecule has 0 aromatic heterocycles. The van der Waals surface area contributed by atoms with Crippen LogP contribution >= 0.6 is 0 Å². The summed E-state index contributed by atoms with van der Waals surface area (Å²) in [4.78, 5) is 19.0. The Hall–Kier alpha value is 1.84. The van der Waals surface area contributed by atoms with Crippen molar-refractivity contribution in [2.24, 2.45) is 0 Å². The molecule has 14 heavy (non-hydrogen) atoms. The van der Waals surface area contributed by atoms with Gasteiger partial charge in [-0.05, 0) is 6.92 Å². The number of esters is 1. The standard InChI is InChI=1S/C4H7NO3.C2H4O2.2K.2H/c1-3(6)8-4(7)2-5;1-2(3)4;;;;/h2-3,5-6H,1H3;1H3,(H,3,4);;;;/q;;2*+1;2*-1. The number of aliphatic hydroxyl groups excluding tert-OH is 1. The number of carboxylic acids is 1. The first-order chi connectivity index (χ1) is 5.40. The van der Waals surface area contributed by atoms with E-state index in [9.17, 15) is 4.79 Å². The predicted molar refractivity (Wildman–Crippen MR) is 42.1 cm³/mol. The molecule has 0 radical (unpaired) electrons. The molecule has 0 saturated heterocycles. The maximum Gasteiger partial charge on any atom is 1.00 e. The van der Waals surface area contributed by atoms with Crippen LogP contribution in [-0.4, -0.2) is 34.7 Å². The number of ether oxygens (including phenoxy) is 1. The van der Waals surface area contributed by atoms with Gasteiger partial charge in [-0.15, -0.1) is 0 Å². The Morgan fingerprint density at radius 3 is 1.86 bits per heavy atom. The van der Waals surface area contributed by atoms with E-state index in [1.807, 2.05) is 0 Å². The average molecular weight is 257 g/mol. The molecule has 74 valence electrons. The molecule has 0 aromatic rings. The van der Waals surface area contributed by atoms with Crippen molar-refractivity contribution in [3.8, 4) is 0 Å². The fraction of sp³-hybridized carbons (Fsp3) is 0.500. The van der Waals surface area contributed by atoms with Crippen molar-refractivity contribution >= 4 is 18.2 Å². The van der Waals surface area contributed by atoms with Crippen molar-refractivity contribution in [2.75, 3.05) is 0 Å². The molecule has 0 heterocycles. The van der Waals surface area contributed by atoms with Crippen LogP contribution in [0.3, 0.4) is 0 Å². The minimum absolute atomic E-state index is 0. The number of hydrogen-bond acceptors (Lipinski definition) is 5. The first-order valence-corrected chi connectivity index (χ1v) is 2.98. The molecule has 0 aliphatic rings. The summed E-state index contributed by atoms with van der Waals surface area (Å²) < 4.78 is 4.07. The van der Waals surface area contributed by atoms with Gasteiger partial charge < -0.3 is 23.2 Å². The molecular formula is C6H13K2NO5. The third-order valence-electron chi connectivity index (χ3n) is 0.405. The molecule has 8 heteroatoms. The molecule has 0 spiro atoms. The van der Waals surface area contributed by atoms with Crippen molar-refractivity contribution in [3.05, 3.63) is 0 Å². The number of aliphatic hydroxyl groups is 1. The topological polar surface area (TPSA) is 108 Å². The molecule has 0 fully saturated rings. The third-order valence-corrected chi connectivity index (χ3v) is 0.405. The van der Waals surface area contributed by atoms with Crippen LogP contribution in [0.15, 0.2) is 0 Å². The average Bonchev–Trinajstić information content (AvgIpc) is 1.84. The van der Waals surface area contributed by atoms with E-state index in [4.69, 9.17) is 20.4 Å². The number of aliphatic carboxylic acids is 1. The first-order valence-electron chi connectivity index (χ1n) is 2.98. The fourth-order valence-corrected chi connectivity index (χ4v) is 0.202. The van der Waals surface area contributed by atoms with Gasteiger partial charge in [0.2, 0.25) is 0 Å². The van der Waals surface area contributed by atoms with Crippen LogP contribution in [0.1, 0.15) is 16.7 Å². The zero-order valence-corrected chi connectivity index (χ0v) is 15.0. The summed E-state index contributed by atoms with van der Waals surface area (Å²) in [6.07, 6.45) is -0.628. The molecule has 0 amide bonds. The van der Waals surface area contributed by atoms with Gasteiger partial charge in [-0.1, -0.05) is 0 Å². The molecule has 0 aliphatic carbocycles. The van der Waals surface area contributed by atoms with E-state index in [0.29, 0.717) is 6.21 Å². The zero-order valence-electron chi connectivity index (χ0n) is 10.8. The maximum absolute atomic E-state index is 10.00. The molecule has 0 aliphatic heterocycles. The monoisotopic (exact) mass is 257 g/mol. The summed E-state index contributed by atoms with van der Waals surface area (Å²) >= 11 is 0. The third kappa shape index (κ3) is 37.1. The molecule has 0 aromatic carbocycles. The Balaban J connectivity index is -0.0000000281. The van der Waals surface area contributed by atoms with Crippen LogP contribution in [0, 0.1) is 5.41 Å².